The molecular weight excluding hydrogens is 470 g/mol. The molecule has 1 fully saturated rings. The van der Waals surface area contributed by atoms with Gasteiger partial charge in [0, 0.05) is 29.3 Å². The maximum Gasteiger partial charge on any atom is 0.298 e. The summed E-state index contributed by atoms with van der Waals surface area (Å²) in [4.78, 5) is 34.1. The minimum Gasteiger partial charge on any atom is -0.427 e. The first kappa shape index (κ1) is 23.3. The smallest absolute Gasteiger partial charge is 0.298 e. The van der Waals surface area contributed by atoms with E-state index < -0.39 is 15.2 Å². The zero-order chi connectivity index (χ0) is 23.7. The predicted octanol–water partition coefficient (Wildman–Crippen LogP) is 5.50. The first-order chi connectivity index (χ1) is 15.9. The molecule has 0 aromatic heterocycles. The van der Waals surface area contributed by atoms with Gasteiger partial charge in [-0.2, -0.15) is 0 Å². The average molecular weight is 492 g/mol. The number of benzene rings is 2. The number of nitro groups is 2. The fraction of sp³-hybridized carbons (Fsp3) is 0.409. The molecule has 5 atom stereocenters. The van der Waals surface area contributed by atoms with Gasteiger partial charge in [-0.25, -0.2) is 0 Å². The standard InChI is InChI=1S/C22H22ClN3O6S/c1-2-5-13-12-10-18(33-17-7-4-3-6-14(17)25(28)29)21(23)19(12)20-15(26(30)31)8-9-16(32-11-27)22(20)24-13/h3-4,6-9,11-13,18-19,21,24H,2,5,10H2,1H3. The van der Waals surface area contributed by atoms with Gasteiger partial charge in [-0.05, 0) is 30.9 Å². The molecule has 0 spiro atoms. The molecule has 9 nitrogen and oxygen atoms in total. The zero-order valence-electron chi connectivity index (χ0n) is 17.7. The van der Waals surface area contributed by atoms with E-state index in [1.165, 1.54) is 30.0 Å². The molecule has 1 heterocycles. The van der Waals surface area contributed by atoms with E-state index in [0.717, 1.165) is 12.8 Å². The SMILES string of the molecule is CCCC1Nc2c(OC=O)ccc([N+](=O)[O-])c2C2C(Cl)C(Sc3ccccc3[N+](=O)[O-])CC12. The van der Waals surface area contributed by atoms with E-state index in [2.05, 4.69) is 12.2 Å². The van der Waals surface area contributed by atoms with E-state index >= 15 is 0 Å². The molecule has 1 aliphatic carbocycles. The summed E-state index contributed by atoms with van der Waals surface area (Å²) >= 11 is 8.33. The third kappa shape index (κ3) is 4.24. The Morgan fingerprint density at radius 1 is 1.18 bits per heavy atom. The van der Waals surface area contributed by atoms with Crippen LogP contribution >= 0.6 is 23.4 Å². The number of thioether (sulfide) groups is 1. The molecule has 0 radical (unpaired) electrons. The summed E-state index contributed by atoms with van der Waals surface area (Å²) < 4.78 is 5.12. The summed E-state index contributed by atoms with van der Waals surface area (Å²) in [6, 6.07) is 9.24. The van der Waals surface area contributed by atoms with Gasteiger partial charge in [0.1, 0.15) is 0 Å². The number of rotatable bonds is 8. The van der Waals surface area contributed by atoms with Crippen molar-refractivity contribution in [3.05, 3.63) is 62.2 Å². The largest absolute Gasteiger partial charge is 0.427 e. The van der Waals surface area contributed by atoms with Crippen molar-refractivity contribution >= 4 is 46.9 Å². The van der Waals surface area contributed by atoms with Gasteiger partial charge in [-0.15, -0.1) is 23.4 Å². The Bertz CT molecular complexity index is 1100. The Hall–Kier alpha value is -2.85. The second-order valence-electron chi connectivity index (χ2n) is 8.13. The molecule has 0 saturated heterocycles. The number of nitro benzene ring substituents is 2. The van der Waals surface area contributed by atoms with E-state index in [9.17, 15) is 25.0 Å². The van der Waals surface area contributed by atoms with Crippen LogP contribution in [0, 0.1) is 26.1 Å². The number of hydrogen-bond acceptors (Lipinski definition) is 8. The van der Waals surface area contributed by atoms with Crippen LogP contribution in [0.25, 0.3) is 0 Å². The maximum absolute atomic E-state index is 11.9. The van der Waals surface area contributed by atoms with Crippen LogP contribution in [0.4, 0.5) is 17.1 Å². The Labute approximate surface area is 199 Å². The highest BCUT2D eigenvalue weighted by Crippen LogP contribution is 2.58. The van der Waals surface area contributed by atoms with E-state index in [1.54, 1.807) is 18.2 Å². The zero-order valence-corrected chi connectivity index (χ0v) is 19.3. The van der Waals surface area contributed by atoms with E-state index in [4.69, 9.17) is 16.3 Å². The van der Waals surface area contributed by atoms with Gasteiger partial charge >= 0.3 is 0 Å². The molecule has 5 unspecified atom stereocenters. The van der Waals surface area contributed by atoms with Crippen molar-refractivity contribution in [1.82, 2.24) is 0 Å². The second kappa shape index (κ2) is 9.56. The molecule has 0 bridgehead atoms. The van der Waals surface area contributed by atoms with Crippen molar-refractivity contribution in [2.24, 2.45) is 5.92 Å². The van der Waals surface area contributed by atoms with E-state index in [1.807, 2.05) is 0 Å². The fourth-order valence-electron chi connectivity index (χ4n) is 5.06. The third-order valence-electron chi connectivity index (χ3n) is 6.34. The van der Waals surface area contributed by atoms with Crippen LogP contribution < -0.4 is 10.1 Å². The number of carbonyl (C=O) groups is 1. The summed E-state index contributed by atoms with van der Waals surface area (Å²) in [5.74, 6) is -0.149. The molecule has 1 aliphatic heterocycles. The van der Waals surface area contributed by atoms with Crippen LogP contribution in [0.2, 0.25) is 0 Å². The van der Waals surface area contributed by atoms with Crippen molar-refractivity contribution in [3.63, 3.8) is 0 Å². The maximum atomic E-state index is 11.9. The molecule has 11 heteroatoms. The van der Waals surface area contributed by atoms with Crippen molar-refractivity contribution in [1.29, 1.82) is 0 Å². The highest BCUT2D eigenvalue weighted by Gasteiger charge is 2.52. The first-order valence-corrected chi connectivity index (χ1v) is 11.9. The van der Waals surface area contributed by atoms with Crippen LogP contribution in [-0.4, -0.2) is 33.0 Å². The first-order valence-electron chi connectivity index (χ1n) is 10.6. The second-order valence-corrected chi connectivity index (χ2v) is 9.92. The molecule has 33 heavy (non-hydrogen) atoms. The molecule has 1 saturated carbocycles. The number of para-hydroxylation sites is 1. The van der Waals surface area contributed by atoms with Crippen LogP contribution in [-0.2, 0) is 4.79 Å². The van der Waals surface area contributed by atoms with Crippen molar-refractivity contribution in [3.8, 4) is 5.75 Å². The number of nitrogens with zero attached hydrogens (tertiary/aromatic N) is 2. The minimum absolute atomic E-state index is 0.00889. The number of halogens is 1. The predicted molar refractivity (Wildman–Crippen MR) is 125 cm³/mol. The van der Waals surface area contributed by atoms with Crippen LogP contribution in [0.1, 0.15) is 37.7 Å². The number of fused-ring (bicyclic) bond motifs is 3. The Kier molecular flexibility index (Phi) is 6.76. The van der Waals surface area contributed by atoms with Gasteiger partial charge in [0.2, 0.25) is 0 Å². The highest BCUT2D eigenvalue weighted by molar-refractivity contribution is 8.00. The number of anilines is 1. The third-order valence-corrected chi connectivity index (χ3v) is 8.45. The van der Waals surface area contributed by atoms with Crippen molar-refractivity contribution < 1.29 is 19.4 Å². The summed E-state index contributed by atoms with van der Waals surface area (Å²) in [6.07, 6.45) is 2.32. The number of ether oxygens (including phenoxy) is 1. The van der Waals surface area contributed by atoms with Crippen LogP contribution in [0.5, 0.6) is 5.75 Å². The summed E-state index contributed by atoms with van der Waals surface area (Å²) in [5.41, 5.74) is 0.792. The van der Waals surface area contributed by atoms with E-state index in [-0.39, 0.29) is 40.3 Å². The summed E-state index contributed by atoms with van der Waals surface area (Å²) in [5, 5.41) is 26.0. The number of alkyl halides is 1. The summed E-state index contributed by atoms with van der Waals surface area (Å²) in [6.45, 7) is 2.35. The minimum atomic E-state index is -0.509. The number of hydrogen-bond donors (Lipinski definition) is 1. The highest BCUT2D eigenvalue weighted by atomic mass is 35.5. The molecule has 4 rings (SSSR count). The Morgan fingerprint density at radius 2 is 1.91 bits per heavy atom. The lowest BCUT2D eigenvalue weighted by Gasteiger charge is -2.38. The normalized spacial score (nSPS) is 25.5. The van der Waals surface area contributed by atoms with Gasteiger partial charge < -0.3 is 10.1 Å². The van der Waals surface area contributed by atoms with Crippen molar-refractivity contribution in [2.75, 3.05) is 5.32 Å². The topological polar surface area (TPSA) is 125 Å². The molecule has 2 aromatic rings. The molecule has 2 aliphatic rings. The Morgan fingerprint density at radius 3 is 2.58 bits per heavy atom. The summed E-state index contributed by atoms with van der Waals surface area (Å²) in [7, 11) is 0. The van der Waals surface area contributed by atoms with Gasteiger partial charge in [0.15, 0.2) is 5.75 Å². The molecule has 1 N–H and O–H groups in total. The van der Waals surface area contributed by atoms with Gasteiger partial charge in [0.25, 0.3) is 17.8 Å². The van der Waals surface area contributed by atoms with Crippen molar-refractivity contribution in [2.45, 2.75) is 53.7 Å². The number of nitrogens with one attached hydrogen (secondary N) is 1. The number of carbonyl (C=O) groups excluding carboxylic acids is 1. The van der Waals surface area contributed by atoms with Crippen LogP contribution in [0.3, 0.4) is 0 Å². The lowest BCUT2D eigenvalue weighted by molar-refractivity contribution is -0.387. The molecule has 174 valence electrons. The van der Waals surface area contributed by atoms with Gasteiger partial charge in [0.05, 0.1) is 31.4 Å². The van der Waals surface area contributed by atoms with Gasteiger partial charge in [-0.3, -0.25) is 25.0 Å². The van der Waals surface area contributed by atoms with Gasteiger partial charge in [-0.1, -0.05) is 25.5 Å². The van der Waals surface area contributed by atoms with E-state index in [0.29, 0.717) is 29.0 Å². The monoisotopic (exact) mass is 491 g/mol. The van der Waals surface area contributed by atoms with Crippen LogP contribution in [0.15, 0.2) is 41.3 Å². The lowest BCUT2D eigenvalue weighted by Crippen LogP contribution is -2.37. The average Bonchev–Trinajstić information content (AvgIpc) is 3.11. The fourth-order valence-corrected chi connectivity index (χ4v) is 6.99. The molecular formula is C22H22ClN3O6S. The molecule has 0 amide bonds. The lowest BCUT2D eigenvalue weighted by atomic mass is 9.77. The quantitative estimate of drug-likeness (QED) is 0.222. The Balaban J connectivity index is 1.78. The molecule has 2 aromatic carbocycles.